The molecule has 9 heteroatoms. The second-order valence-corrected chi connectivity index (χ2v) is 5.23. The number of fused-ring (bicyclic) bond motifs is 1. The summed E-state index contributed by atoms with van der Waals surface area (Å²) >= 11 is 5.78. The Morgan fingerprint density at radius 1 is 1.42 bits per heavy atom. The Labute approximate surface area is 140 Å². The first-order chi connectivity index (χ1) is 11.5. The van der Waals surface area contributed by atoms with Crippen molar-refractivity contribution in [1.29, 1.82) is 0 Å². The molecule has 124 valence electrons. The highest BCUT2D eigenvalue weighted by atomic mass is 35.5. The number of benzene rings is 1. The highest BCUT2D eigenvalue weighted by molar-refractivity contribution is 6.31. The summed E-state index contributed by atoms with van der Waals surface area (Å²) in [5, 5.41) is 7.25. The molecule has 2 aromatic heterocycles. The van der Waals surface area contributed by atoms with E-state index in [4.69, 9.17) is 20.9 Å². The molecule has 0 saturated heterocycles. The molecule has 0 saturated carbocycles. The third kappa shape index (κ3) is 3.00. The van der Waals surface area contributed by atoms with Crippen LogP contribution in [0, 0.1) is 12.7 Å². The Morgan fingerprint density at radius 2 is 2.21 bits per heavy atom. The summed E-state index contributed by atoms with van der Waals surface area (Å²) in [7, 11) is 0. The lowest BCUT2D eigenvalue weighted by Crippen LogP contribution is -2.11. The zero-order chi connectivity index (χ0) is 17.3. The second-order valence-electron chi connectivity index (χ2n) is 4.82. The molecular formula is C15H12ClFN4O3. The lowest BCUT2D eigenvalue weighted by molar-refractivity contribution is 0.0512. The smallest absolute Gasteiger partial charge is 0.376 e. The lowest BCUT2D eigenvalue weighted by Gasteiger charge is -2.09. The van der Waals surface area contributed by atoms with E-state index in [1.54, 1.807) is 13.8 Å². The quantitative estimate of drug-likeness (QED) is 0.718. The number of aromatic nitrogens is 3. The number of anilines is 2. The minimum Gasteiger partial charge on any atom is -0.460 e. The first-order valence-corrected chi connectivity index (χ1v) is 7.40. The average Bonchev–Trinajstić information content (AvgIpc) is 2.93. The molecule has 1 aromatic carbocycles. The standard InChI is InChI=1S/C15H12ClFN4O3/c1-3-23-15(22)13-19-12(11-7(2)21-24-14(11)20-13)18-8-4-5-10(17)9(16)6-8/h4-6H,3H2,1-2H3,(H,18,19,20). The SMILES string of the molecule is CCOC(=O)c1nc(Nc2ccc(F)c(Cl)c2)c2c(C)noc2n1. The maximum Gasteiger partial charge on any atom is 0.376 e. The number of hydrogen-bond donors (Lipinski definition) is 1. The number of carbonyl (C=O) groups excluding carboxylic acids is 1. The molecule has 3 rings (SSSR count). The van der Waals surface area contributed by atoms with Crippen LogP contribution in [-0.4, -0.2) is 27.7 Å². The summed E-state index contributed by atoms with van der Waals surface area (Å²) in [5.74, 6) is -1.11. The number of nitrogens with zero attached hydrogens (tertiary/aromatic N) is 3. The minimum atomic E-state index is -0.686. The second kappa shape index (κ2) is 6.40. The molecule has 24 heavy (non-hydrogen) atoms. The number of hydrogen-bond acceptors (Lipinski definition) is 7. The Balaban J connectivity index is 2.08. The Kier molecular flexibility index (Phi) is 4.30. The van der Waals surface area contributed by atoms with Gasteiger partial charge in [0.05, 0.1) is 17.3 Å². The van der Waals surface area contributed by atoms with E-state index in [-0.39, 0.29) is 29.0 Å². The van der Waals surface area contributed by atoms with Crippen LogP contribution >= 0.6 is 11.6 Å². The van der Waals surface area contributed by atoms with Gasteiger partial charge in [-0.15, -0.1) is 0 Å². The van der Waals surface area contributed by atoms with Gasteiger partial charge in [-0.2, -0.15) is 4.98 Å². The number of aryl methyl sites for hydroxylation is 1. The molecule has 0 aliphatic rings. The molecule has 0 unspecified atom stereocenters. The van der Waals surface area contributed by atoms with E-state index in [1.165, 1.54) is 18.2 Å². The van der Waals surface area contributed by atoms with Gasteiger partial charge in [0.1, 0.15) is 17.0 Å². The van der Waals surface area contributed by atoms with Crippen LogP contribution < -0.4 is 5.32 Å². The first-order valence-electron chi connectivity index (χ1n) is 7.02. The van der Waals surface area contributed by atoms with Crippen LogP contribution in [0.5, 0.6) is 0 Å². The van der Waals surface area contributed by atoms with E-state index in [0.29, 0.717) is 16.8 Å². The van der Waals surface area contributed by atoms with Crippen LogP contribution in [0.25, 0.3) is 11.1 Å². The van der Waals surface area contributed by atoms with Crippen molar-refractivity contribution in [2.75, 3.05) is 11.9 Å². The fourth-order valence-electron chi connectivity index (χ4n) is 2.08. The van der Waals surface area contributed by atoms with E-state index in [2.05, 4.69) is 20.4 Å². The molecule has 3 aromatic rings. The van der Waals surface area contributed by atoms with Crippen molar-refractivity contribution < 1.29 is 18.4 Å². The zero-order valence-electron chi connectivity index (χ0n) is 12.8. The van der Waals surface area contributed by atoms with Gasteiger partial charge in [-0.1, -0.05) is 16.8 Å². The van der Waals surface area contributed by atoms with Crippen LogP contribution in [0.3, 0.4) is 0 Å². The van der Waals surface area contributed by atoms with E-state index in [1.807, 2.05) is 0 Å². The Morgan fingerprint density at radius 3 is 2.92 bits per heavy atom. The molecule has 0 aliphatic heterocycles. The van der Waals surface area contributed by atoms with Crippen molar-refractivity contribution in [3.05, 3.63) is 40.6 Å². The molecule has 0 atom stereocenters. The largest absolute Gasteiger partial charge is 0.460 e. The maximum atomic E-state index is 13.3. The van der Waals surface area contributed by atoms with Gasteiger partial charge in [0.15, 0.2) is 0 Å². The van der Waals surface area contributed by atoms with Gasteiger partial charge in [0.2, 0.25) is 5.82 Å². The summed E-state index contributed by atoms with van der Waals surface area (Å²) in [4.78, 5) is 20.1. The van der Waals surface area contributed by atoms with Gasteiger partial charge in [0.25, 0.3) is 5.71 Å². The third-order valence-electron chi connectivity index (χ3n) is 3.15. The van der Waals surface area contributed by atoms with Crippen molar-refractivity contribution in [2.24, 2.45) is 0 Å². The Bertz CT molecular complexity index is 928. The highest BCUT2D eigenvalue weighted by Crippen LogP contribution is 2.28. The predicted molar refractivity (Wildman–Crippen MR) is 85.0 cm³/mol. The van der Waals surface area contributed by atoms with E-state index >= 15 is 0 Å². The number of esters is 1. The van der Waals surface area contributed by atoms with Crippen LogP contribution in [0.15, 0.2) is 22.7 Å². The summed E-state index contributed by atoms with van der Waals surface area (Å²) in [6, 6.07) is 4.11. The van der Waals surface area contributed by atoms with Gasteiger partial charge >= 0.3 is 5.97 Å². The molecule has 0 fully saturated rings. The fraction of sp³-hybridized carbons (Fsp3) is 0.200. The van der Waals surface area contributed by atoms with E-state index in [9.17, 15) is 9.18 Å². The van der Waals surface area contributed by atoms with Crippen LogP contribution in [0.1, 0.15) is 23.2 Å². The van der Waals surface area contributed by atoms with Gasteiger partial charge in [-0.3, -0.25) is 0 Å². The predicted octanol–water partition coefficient (Wildman–Crippen LogP) is 3.64. The molecule has 0 spiro atoms. The monoisotopic (exact) mass is 350 g/mol. The Hall–Kier alpha value is -2.74. The number of nitrogens with one attached hydrogen (secondary N) is 1. The first kappa shape index (κ1) is 16.1. The van der Waals surface area contributed by atoms with Gasteiger partial charge in [-0.05, 0) is 32.0 Å². The molecule has 0 aliphatic carbocycles. The maximum absolute atomic E-state index is 13.3. The number of ether oxygens (including phenoxy) is 1. The van der Waals surface area contributed by atoms with E-state index in [0.717, 1.165) is 0 Å². The normalized spacial score (nSPS) is 10.8. The van der Waals surface area contributed by atoms with Crippen molar-refractivity contribution in [2.45, 2.75) is 13.8 Å². The van der Waals surface area contributed by atoms with Crippen LogP contribution in [0.4, 0.5) is 15.9 Å². The van der Waals surface area contributed by atoms with Gasteiger partial charge in [0, 0.05) is 5.69 Å². The topological polar surface area (TPSA) is 90.1 Å². The van der Waals surface area contributed by atoms with Crippen molar-refractivity contribution in [1.82, 2.24) is 15.1 Å². The fourth-order valence-corrected chi connectivity index (χ4v) is 2.26. The molecule has 7 nitrogen and oxygen atoms in total. The number of carbonyl (C=O) groups is 1. The molecular weight excluding hydrogens is 339 g/mol. The van der Waals surface area contributed by atoms with Gasteiger partial charge < -0.3 is 14.6 Å². The number of halogens is 2. The summed E-state index contributed by atoms with van der Waals surface area (Å²) in [5.41, 5.74) is 1.16. The van der Waals surface area contributed by atoms with Crippen LogP contribution in [0.2, 0.25) is 5.02 Å². The number of rotatable bonds is 4. The highest BCUT2D eigenvalue weighted by Gasteiger charge is 2.20. The van der Waals surface area contributed by atoms with E-state index < -0.39 is 11.8 Å². The summed E-state index contributed by atoms with van der Waals surface area (Å²) < 4.78 is 23.3. The van der Waals surface area contributed by atoms with Gasteiger partial charge in [-0.25, -0.2) is 14.2 Å². The molecule has 0 bridgehead atoms. The van der Waals surface area contributed by atoms with Crippen LogP contribution in [-0.2, 0) is 4.74 Å². The molecule has 0 radical (unpaired) electrons. The zero-order valence-corrected chi connectivity index (χ0v) is 13.5. The summed E-state index contributed by atoms with van der Waals surface area (Å²) in [6.07, 6.45) is 0. The summed E-state index contributed by atoms with van der Waals surface area (Å²) in [6.45, 7) is 3.57. The molecule has 2 heterocycles. The van der Waals surface area contributed by atoms with Crippen molar-refractivity contribution in [3.8, 4) is 0 Å². The average molecular weight is 351 g/mol. The van der Waals surface area contributed by atoms with Crippen molar-refractivity contribution >= 4 is 40.2 Å². The minimum absolute atomic E-state index is 0.0436. The third-order valence-corrected chi connectivity index (χ3v) is 3.44. The molecule has 0 amide bonds. The molecule has 1 N–H and O–H groups in total. The lowest BCUT2D eigenvalue weighted by atomic mass is 10.2. The van der Waals surface area contributed by atoms with Crippen molar-refractivity contribution in [3.63, 3.8) is 0 Å².